The Morgan fingerprint density at radius 2 is 2.31 bits per heavy atom. The molecule has 13 heavy (non-hydrogen) atoms. The van der Waals surface area contributed by atoms with E-state index in [4.69, 9.17) is 0 Å². The Kier molecular flexibility index (Phi) is 1.77. The molecule has 0 unspecified atom stereocenters. The summed E-state index contributed by atoms with van der Waals surface area (Å²) in [7, 11) is 0. The van der Waals surface area contributed by atoms with Crippen LogP contribution in [-0.4, -0.2) is 16.4 Å². The minimum Gasteiger partial charge on any atom is -0.507 e. The first kappa shape index (κ1) is 7.86. The zero-order valence-electron chi connectivity index (χ0n) is 6.87. The summed E-state index contributed by atoms with van der Waals surface area (Å²) in [5, 5.41) is 10.2. The third-order valence-corrected chi connectivity index (χ3v) is 2.03. The van der Waals surface area contributed by atoms with E-state index in [1.54, 1.807) is 18.3 Å². The van der Waals surface area contributed by atoms with Crippen molar-refractivity contribution < 1.29 is 9.90 Å². The topological polar surface area (TPSA) is 53.1 Å². The Bertz CT molecular complexity index is 445. The van der Waals surface area contributed by atoms with Crippen LogP contribution in [0.25, 0.3) is 10.9 Å². The van der Waals surface area contributed by atoms with Gasteiger partial charge in [0.25, 0.3) is 0 Å². The lowest BCUT2D eigenvalue weighted by atomic mass is 10.1. The Morgan fingerprint density at radius 1 is 1.46 bits per heavy atom. The summed E-state index contributed by atoms with van der Waals surface area (Å²) in [6, 6.07) is 5.20. The monoisotopic (exact) mass is 174 g/mol. The molecule has 2 aromatic rings. The van der Waals surface area contributed by atoms with Crippen molar-refractivity contribution in [1.82, 2.24) is 4.98 Å². The van der Waals surface area contributed by atoms with Gasteiger partial charge >= 0.3 is 0 Å². The molecule has 0 aliphatic heterocycles. The highest BCUT2D eigenvalue weighted by molar-refractivity contribution is 5.90. The van der Waals surface area contributed by atoms with Gasteiger partial charge in [0, 0.05) is 23.5 Å². The number of phenolic OH excluding ortho intramolecular Hbond substituents is 1. The van der Waals surface area contributed by atoms with Crippen molar-refractivity contribution in [3.63, 3.8) is 0 Å². The number of H-pyrrole nitrogens is 1. The van der Waals surface area contributed by atoms with Crippen molar-refractivity contribution in [1.29, 1.82) is 0 Å². The van der Waals surface area contributed by atoms with Gasteiger partial charge in [-0.3, -0.25) is 4.79 Å². The van der Waals surface area contributed by atoms with Crippen molar-refractivity contribution in [3.8, 4) is 5.75 Å². The maximum Gasteiger partial charge on any atom is 0.203 e. The lowest BCUT2D eigenvalue weighted by Gasteiger charge is -1.95. The van der Waals surface area contributed by atoms with E-state index in [0.29, 0.717) is 5.39 Å². The molecule has 0 spiro atoms. The number of nitrogens with one attached hydrogen (secondary N) is 1. The molecular formula is C10H8NO2. The fourth-order valence-corrected chi connectivity index (χ4v) is 1.45. The number of carbonyl (C=O) groups excluding carboxylic acids is 1. The summed E-state index contributed by atoms with van der Waals surface area (Å²) in [5.74, 6) is 0.198. The standard InChI is InChI=1S/C10H8NO2/c12-5-4-7-6-11-8-2-1-3-9(13)10(7)8/h1-3,6,11,13H,4H2. The summed E-state index contributed by atoms with van der Waals surface area (Å²) in [5.41, 5.74) is 1.62. The summed E-state index contributed by atoms with van der Waals surface area (Å²) in [6.07, 6.45) is 3.73. The first-order chi connectivity index (χ1) is 6.33. The van der Waals surface area contributed by atoms with Crippen LogP contribution in [0.15, 0.2) is 24.4 Å². The van der Waals surface area contributed by atoms with Crippen LogP contribution >= 0.6 is 0 Å². The minimum absolute atomic E-state index is 0.198. The Morgan fingerprint density at radius 3 is 3.08 bits per heavy atom. The largest absolute Gasteiger partial charge is 0.507 e. The highest BCUT2D eigenvalue weighted by Gasteiger charge is 2.06. The maximum absolute atomic E-state index is 10.2. The molecule has 2 rings (SSSR count). The van der Waals surface area contributed by atoms with Gasteiger partial charge in [0.1, 0.15) is 5.75 Å². The number of benzene rings is 1. The highest BCUT2D eigenvalue weighted by atomic mass is 16.3. The number of aromatic hydroxyl groups is 1. The normalized spacial score (nSPS) is 10.5. The summed E-state index contributed by atoms with van der Waals surface area (Å²) >= 11 is 0. The third kappa shape index (κ3) is 1.18. The molecule has 0 aliphatic carbocycles. The first-order valence-corrected chi connectivity index (χ1v) is 3.96. The second-order valence-electron chi connectivity index (χ2n) is 2.83. The van der Waals surface area contributed by atoms with Gasteiger partial charge in [-0.1, -0.05) is 6.07 Å². The smallest absolute Gasteiger partial charge is 0.203 e. The van der Waals surface area contributed by atoms with E-state index in [1.807, 2.05) is 12.4 Å². The predicted octanol–water partition coefficient (Wildman–Crippen LogP) is 1.53. The Hall–Kier alpha value is -1.77. The highest BCUT2D eigenvalue weighted by Crippen LogP contribution is 2.27. The van der Waals surface area contributed by atoms with Crippen LogP contribution < -0.4 is 0 Å². The molecule has 0 saturated carbocycles. The fraction of sp³-hybridized carbons (Fsp3) is 0.100. The molecular weight excluding hydrogens is 166 g/mol. The molecule has 0 aliphatic rings. The van der Waals surface area contributed by atoms with Crippen molar-refractivity contribution in [2.75, 3.05) is 0 Å². The van der Waals surface area contributed by atoms with Gasteiger partial charge < -0.3 is 10.1 Å². The van der Waals surface area contributed by atoms with E-state index in [1.165, 1.54) is 0 Å². The number of rotatable bonds is 2. The number of fused-ring (bicyclic) bond motifs is 1. The molecule has 1 aromatic heterocycles. The SMILES string of the molecule is O=[C]Cc1c[nH]c2cccc(O)c12. The van der Waals surface area contributed by atoms with Crippen molar-refractivity contribution >= 4 is 17.2 Å². The van der Waals surface area contributed by atoms with Crippen molar-refractivity contribution in [2.45, 2.75) is 6.42 Å². The summed E-state index contributed by atoms with van der Waals surface area (Å²) < 4.78 is 0. The number of aromatic amines is 1. The summed E-state index contributed by atoms with van der Waals surface area (Å²) in [4.78, 5) is 13.2. The number of hydrogen-bond donors (Lipinski definition) is 2. The first-order valence-electron chi connectivity index (χ1n) is 3.96. The molecule has 3 heteroatoms. The number of hydrogen-bond acceptors (Lipinski definition) is 2. The lowest BCUT2D eigenvalue weighted by Crippen LogP contribution is -1.82. The molecule has 0 fully saturated rings. The third-order valence-electron chi connectivity index (χ3n) is 2.03. The summed E-state index contributed by atoms with van der Waals surface area (Å²) in [6.45, 7) is 0. The maximum atomic E-state index is 10.2. The van der Waals surface area contributed by atoms with Crippen LogP contribution in [-0.2, 0) is 11.2 Å². The molecule has 0 atom stereocenters. The average Bonchev–Trinajstić information content (AvgIpc) is 2.51. The fourth-order valence-electron chi connectivity index (χ4n) is 1.45. The van der Waals surface area contributed by atoms with Crippen molar-refractivity contribution in [3.05, 3.63) is 30.0 Å². The van der Waals surface area contributed by atoms with E-state index < -0.39 is 0 Å². The van der Waals surface area contributed by atoms with Gasteiger partial charge in [-0.2, -0.15) is 0 Å². The molecule has 1 aromatic carbocycles. The van der Waals surface area contributed by atoms with Crippen LogP contribution in [0.2, 0.25) is 0 Å². The van der Waals surface area contributed by atoms with Crippen LogP contribution in [0.4, 0.5) is 0 Å². The van der Waals surface area contributed by atoms with Gasteiger partial charge in [-0.05, 0) is 17.7 Å². The van der Waals surface area contributed by atoms with Crippen molar-refractivity contribution in [2.24, 2.45) is 0 Å². The van der Waals surface area contributed by atoms with E-state index in [0.717, 1.165) is 11.1 Å². The van der Waals surface area contributed by atoms with Crippen LogP contribution in [0.1, 0.15) is 5.56 Å². The molecule has 0 amide bonds. The van der Waals surface area contributed by atoms with E-state index in [2.05, 4.69) is 4.98 Å². The van der Waals surface area contributed by atoms with Gasteiger partial charge in [-0.25, -0.2) is 0 Å². The quantitative estimate of drug-likeness (QED) is 0.725. The second kappa shape index (κ2) is 2.94. The Balaban J connectivity index is 2.70. The molecule has 65 valence electrons. The van der Waals surface area contributed by atoms with Crippen LogP contribution in [0.5, 0.6) is 5.75 Å². The van der Waals surface area contributed by atoms with E-state index in [-0.39, 0.29) is 12.2 Å². The molecule has 1 heterocycles. The zero-order valence-corrected chi connectivity index (χ0v) is 6.87. The molecule has 0 saturated heterocycles. The molecule has 0 bridgehead atoms. The zero-order chi connectivity index (χ0) is 9.26. The molecule has 1 radical (unpaired) electrons. The molecule has 2 N–H and O–H groups in total. The number of phenols is 1. The molecule has 3 nitrogen and oxygen atoms in total. The van der Waals surface area contributed by atoms with Gasteiger partial charge in [0.15, 0.2) is 0 Å². The lowest BCUT2D eigenvalue weighted by molar-refractivity contribution is 0.481. The van der Waals surface area contributed by atoms with Crippen LogP contribution in [0, 0.1) is 0 Å². The Labute approximate surface area is 75.0 Å². The second-order valence-corrected chi connectivity index (χ2v) is 2.83. The average molecular weight is 174 g/mol. The minimum atomic E-state index is 0.198. The van der Waals surface area contributed by atoms with E-state index >= 15 is 0 Å². The van der Waals surface area contributed by atoms with Gasteiger partial charge in [0.2, 0.25) is 6.29 Å². The van der Waals surface area contributed by atoms with Crippen LogP contribution in [0.3, 0.4) is 0 Å². The van der Waals surface area contributed by atoms with E-state index in [9.17, 15) is 9.90 Å². The van der Waals surface area contributed by atoms with Gasteiger partial charge in [0.05, 0.1) is 0 Å². The number of aromatic nitrogens is 1. The predicted molar refractivity (Wildman–Crippen MR) is 49.4 cm³/mol. The van der Waals surface area contributed by atoms with Gasteiger partial charge in [-0.15, -0.1) is 0 Å².